The van der Waals surface area contributed by atoms with Crippen molar-refractivity contribution in [3.8, 4) is 5.75 Å². The fourth-order valence-electron chi connectivity index (χ4n) is 5.18. The number of ether oxygens (including phenoxy) is 3. The number of nitrogens with zero attached hydrogens (tertiary/aromatic N) is 4. The van der Waals surface area contributed by atoms with Crippen LogP contribution in [0.4, 0.5) is 0 Å². The Bertz CT molecular complexity index is 1080. The van der Waals surface area contributed by atoms with Crippen LogP contribution in [0, 0.1) is 0 Å². The van der Waals surface area contributed by atoms with Gasteiger partial charge in [-0.25, -0.2) is 0 Å². The van der Waals surface area contributed by atoms with Crippen LogP contribution in [-0.4, -0.2) is 145 Å². The molecule has 0 amide bonds. The fraction of sp³-hybridized carbons (Fsp3) is 0.697. The van der Waals surface area contributed by atoms with E-state index in [1.54, 1.807) is 0 Å². The fourth-order valence-corrected chi connectivity index (χ4v) is 5.18. The minimum atomic E-state index is -0.956. The summed E-state index contributed by atoms with van der Waals surface area (Å²) in [6.45, 7) is 16.5. The van der Waals surface area contributed by atoms with Crippen LogP contribution in [-0.2, 0) is 35.1 Å². The number of carbonyl (C=O) groups is 4. The lowest BCUT2D eigenvalue weighted by Gasteiger charge is -2.38. The van der Waals surface area contributed by atoms with Gasteiger partial charge in [-0.2, -0.15) is 0 Å². The van der Waals surface area contributed by atoms with Gasteiger partial charge in [-0.15, -0.1) is 0 Å². The molecule has 1 saturated heterocycles. The first kappa shape index (κ1) is 38.1. The number of aldehydes is 1. The molecule has 1 aromatic rings. The van der Waals surface area contributed by atoms with E-state index in [9.17, 15) is 24.3 Å². The average molecular weight is 635 g/mol. The molecular weight excluding hydrogens is 580 g/mol. The maximum absolute atomic E-state index is 12.9. The number of aliphatic carboxylic acids is 1. The van der Waals surface area contributed by atoms with Crippen LogP contribution in [0.25, 0.3) is 0 Å². The van der Waals surface area contributed by atoms with Gasteiger partial charge in [0.15, 0.2) is 0 Å². The van der Waals surface area contributed by atoms with Crippen LogP contribution < -0.4 is 4.74 Å². The summed E-state index contributed by atoms with van der Waals surface area (Å²) < 4.78 is 16.8. The third-order valence-corrected chi connectivity index (χ3v) is 7.08. The number of carboxylic acids is 1. The van der Waals surface area contributed by atoms with Crippen LogP contribution in [0.1, 0.15) is 54.0 Å². The Labute approximate surface area is 268 Å². The smallest absolute Gasteiger partial charge is 0.320 e. The van der Waals surface area contributed by atoms with Gasteiger partial charge in [0.05, 0.1) is 32.8 Å². The van der Waals surface area contributed by atoms with Gasteiger partial charge in [0, 0.05) is 51.9 Å². The van der Waals surface area contributed by atoms with Crippen LogP contribution >= 0.6 is 0 Å². The van der Waals surface area contributed by atoms with Gasteiger partial charge < -0.3 is 24.1 Å². The Kier molecular flexibility index (Phi) is 15.4. The Morgan fingerprint density at radius 2 is 1.29 bits per heavy atom. The molecule has 1 aliphatic rings. The van der Waals surface area contributed by atoms with Crippen LogP contribution in [0.2, 0.25) is 0 Å². The summed E-state index contributed by atoms with van der Waals surface area (Å²) >= 11 is 0. The summed E-state index contributed by atoms with van der Waals surface area (Å²) in [5.41, 5.74) is -0.265. The predicted octanol–water partition coefficient (Wildman–Crippen LogP) is 2.18. The van der Waals surface area contributed by atoms with E-state index >= 15 is 0 Å². The summed E-state index contributed by atoms with van der Waals surface area (Å²) in [5, 5.41) is 9.87. The third kappa shape index (κ3) is 16.2. The van der Waals surface area contributed by atoms with E-state index in [2.05, 4.69) is 0 Å². The molecule has 0 spiro atoms. The molecule has 1 aromatic carbocycles. The first-order valence-electron chi connectivity index (χ1n) is 15.8. The third-order valence-electron chi connectivity index (χ3n) is 7.08. The summed E-state index contributed by atoms with van der Waals surface area (Å²) in [6.07, 6.45) is 1.39. The van der Waals surface area contributed by atoms with Crippen molar-refractivity contribution in [2.24, 2.45) is 0 Å². The maximum atomic E-state index is 12.9. The van der Waals surface area contributed by atoms with E-state index < -0.39 is 17.2 Å². The highest BCUT2D eigenvalue weighted by Crippen LogP contribution is 2.17. The Morgan fingerprint density at radius 3 is 1.73 bits per heavy atom. The molecule has 1 aliphatic heterocycles. The molecule has 45 heavy (non-hydrogen) atoms. The highest BCUT2D eigenvalue weighted by Gasteiger charge is 2.28. The van der Waals surface area contributed by atoms with Gasteiger partial charge in [-0.3, -0.25) is 34.0 Å². The van der Waals surface area contributed by atoms with Crippen molar-refractivity contribution in [1.29, 1.82) is 0 Å². The van der Waals surface area contributed by atoms with Crippen molar-refractivity contribution in [3.05, 3.63) is 29.8 Å². The quantitative estimate of drug-likeness (QED) is 0.267. The Morgan fingerprint density at radius 1 is 0.800 bits per heavy atom. The summed E-state index contributed by atoms with van der Waals surface area (Å²) in [4.78, 5) is 57.3. The summed E-state index contributed by atoms with van der Waals surface area (Å²) in [5.74, 6) is -0.923. The van der Waals surface area contributed by atoms with Crippen molar-refractivity contribution < 1.29 is 38.5 Å². The first-order valence-corrected chi connectivity index (χ1v) is 15.8. The molecule has 0 bridgehead atoms. The molecule has 2 rings (SSSR count). The van der Waals surface area contributed by atoms with Crippen LogP contribution in [0.15, 0.2) is 24.3 Å². The van der Waals surface area contributed by atoms with E-state index in [-0.39, 0.29) is 44.2 Å². The summed E-state index contributed by atoms with van der Waals surface area (Å²) in [7, 11) is 0. The zero-order valence-electron chi connectivity index (χ0n) is 28.3. The van der Waals surface area contributed by atoms with Gasteiger partial charge in [-0.1, -0.05) is 12.1 Å². The van der Waals surface area contributed by atoms with Gasteiger partial charge in [0.1, 0.15) is 23.2 Å². The van der Waals surface area contributed by atoms with Gasteiger partial charge >= 0.3 is 17.9 Å². The lowest BCUT2D eigenvalue weighted by molar-refractivity contribution is -0.158. The molecule has 1 unspecified atom stereocenters. The van der Waals surface area contributed by atoms with Crippen molar-refractivity contribution in [2.45, 2.75) is 72.1 Å². The summed E-state index contributed by atoms with van der Waals surface area (Å²) in [6, 6.07) is 7.50. The van der Waals surface area contributed by atoms with Gasteiger partial charge in [-0.05, 0) is 72.6 Å². The van der Waals surface area contributed by atoms with E-state index in [4.69, 9.17) is 14.2 Å². The standard InChI is InChI=1S/C33H54N4O8/c1-8-43-28-11-9-26(10-12-28)21-27-22-36(19-20-38)16-15-34(24-30(41)44-32(2,3)4)13-14-35(17-18-37(27)23-29(39)40)25-31(42)45-33(5,6)7/h9-12,20,27H,8,13-19,21-25H2,1-7H3,(H,39,40). The zero-order chi connectivity index (χ0) is 33.6. The van der Waals surface area contributed by atoms with Crippen molar-refractivity contribution in [2.75, 3.05) is 78.6 Å². The second kappa shape index (κ2) is 18.2. The van der Waals surface area contributed by atoms with Gasteiger partial charge in [0.2, 0.25) is 0 Å². The monoisotopic (exact) mass is 634 g/mol. The maximum Gasteiger partial charge on any atom is 0.320 e. The van der Waals surface area contributed by atoms with E-state index in [0.717, 1.165) is 17.6 Å². The first-order chi connectivity index (χ1) is 21.1. The topological polar surface area (TPSA) is 129 Å². The molecule has 12 nitrogen and oxygen atoms in total. The van der Waals surface area contributed by atoms with Crippen molar-refractivity contribution >= 4 is 24.2 Å². The van der Waals surface area contributed by atoms with Gasteiger partial charge in [0.25, 0.3) is 0 Å². The molecule has 0 saturated carbocycles. The SMILES string of the molecule is CCOc1ccc(CC2CN(CC=O)CCN(CC(=O)OC(C)(C)C)CCN(CC(=O)OC(C)(C)C)CCN2CC(=O)O)cc1. The number of hydrogen-bond donors (Lipinski definition) is 1. The average Bonchev–Trinajstić information content (AvgIpc) is 2.90. The highest BCUT2D eigenvalue weighted by molar-refractivity contribution is 5.72. The molecule has 0 aromatic heterocycles. The van der Waals surface area contributed by atoms with E-state index in [1.807, 2.05) is 92.3 Å². The minimum absolute atomic E-state index is 0.0271. The Hall–Kier alpha value is -3.06. The molecule has 1 N–H and O–H groups in total. The predicted molar refractivity (Wildman–Crippen MR) is 171 cm³/mol. The number of benzene rings is 1. The van der Waals surface area contributed by atoms with Crippen LogP contribution in [0.5, 0.6) is 5.75 Å². The lowest BCUT2D eigenvalue weighted by Crippen LogP contribution is -2.53. The van der Waals surface area contributed by atoms with E-state index in [0.29, 0.717) is 58.8 Å². The molecule has 1 atom stereocenters. The minimum Gasteiger partial charge on any atom is -0.494 e. The van der Waals surface area contributed by atoms with Crippen molar-refractivity contribution in [3.63, 3.8) is 0 Å². The molecule has 254 valence electrons. The largest absolute Gasteiger partial charge is 0.494 e. The molecule has 1 heterocycles. The highest BCUT2D eigenvalue weighted by atomic mass is 16.6. The molecular formula is C33H54N4O8. The molecule has 12 heteroatoms. The van der Waals surface area contributed by atoms with Crippen molar-refractivity contribution in [1.82, 2.24) is 19.6 Å². The molecule has 0 aliphatic carbocycles. The second-order valence-electron chi connectivity index (χ2n) is 13.5. The van der Waals surface area contributed by atoms with Crippen LogP contribution in [0.3, 0.4) is 0 Å². The Balaban J connectivity index is 2.40. The number of carbonyl (C=O) groups excluding carboxylic acids is 3. The number of hydrogen-bond acceptors (Lipinski definition) is 11. The molecule has 0 radical (unpaired) electrons. The lowest BCUT2D eigenvalue weighted by atomic mass is 10.0. The second-order valence-corrected chi connectivity index (χ2v) is 13.5. The zero-order valence-corrected chi connectivity index (χ0v) is 28.3. The van der Waals surface area contributed by atoms with E-state index in [1.165, 1.54) is 0 Å². The number of esters is 2. The molecule has 1 fully saturated rings. The normalized spacial score (nSPS) is 18.8. The number of carboxylic acid groups (broad SMARTS) is 1. The number of rotatable bonds is 12.